The smallest absolute Gasteiger partial charge is 0.211 e. The second-order valence-electron chi connectivity index (χ2n) is 4.09. The first-order valence-corrected chi connectivity index (χ1v) is 6.69. The van der Waals surface area contributed by atoms with Crippen LogP contribution in [-0.4, -0.2) is 37.3 Å². The van der Waals surface area contributed by atoms with Crippen LogP contribution >= 0.6 is 0 Å². The zero-order chi connectivity index (χ0) is 10.9. The van der Waals surface area contributed by atoms with Gasteiger partial charge in [-0.1, -0.05) is 13.8 Å². The molecule has 0 aromatic heterocycles. The van der Waals surface area contributed by atoms with Gasteiger partial charge in [0.1, 0.15) is 0 Å². The largest absolute Gasteiger partial charge is 0.298 e. The third-order valence-corrected chi connectivity index (χ3v) is 3.82. The molecule has 1 fully saturated rings. The molecule has 1 rings (SSSR count). The fourth-order valence-electron chi connectivity index (χ4n) is 1.81. The van der Waals surface area contributed by atoms with Gasteiger partial charge in [-0.2, -0.15) is 4.31 Å². The molecule has 0 spiro atoms. The molecule has 0 aromatic carbocycles. The van der Waals surface area contributed by atoms with Crippen LogP contribution in [0.4, 0.5) is 0 Å². The van der Waals surface area contributed by atoms with Crippen LogP contribution in [0, 0.1) is 5.92 Å². The molecule has 1 saturated heterocycles. The molecule has 4 nitrogen and oxygen atoms in total. The number of ketones is 1. The van der Waals surface area contributed by atoms with Crippen LogP contribution in [-0.2, 0) is 14.8 Å². The van der Waals surface area contributed by atoms with Gasteiger partial charge in [-0.3, -0.25) is 4.79 Å². The predicted molar refractivity (Wildman–Crippen MR) is 54.4 cm³/mol. The molecule has 0 aliphatic carbocycles. The fraction of sp³-hybridized carbons (Fsp3) is 0.889. The number of hydrogen-bond acceptors (Lipinski definition) is 3. The van der Waals surface area contributed by atoms with Crippen molar-refractivity contribution in [2.45, 2.75) is 32.7 Å². The Labute approximate surface area is 85.3 Å². The summed E-state index contributed by atoms with van der Waals surface area (Å²) in [7, 11) is -3.22. The molecule has 1 atom stereocenters. The topological polar surface area (TPSA) is 54.5 Å². The minimum absolute atomic E-state index is 0.0351. The van der Waals surface area contributed by atoms with Crippen molar-refractivity contribution in [1.29, 1.82) is 0 Å². The predicted octanol–water partition coefficient (Wildman–Crippen LogP) is 0.636. The maximum absolute atomic E-state index is 11.7. The van der Waals surface area contributed by atoms with E-state index < -0.39 is 16.1 Å². The van der Waals surface area contributed by atoms with Crippen molar-refractivity contribution in [2.75, 3.05) is 12.8 Å². The molecule has 0 amide bonds. The number of sulfonamides is 1. The maximum atomic E-state index is 11.7. The van der Waals surface area contributed by atoms with Crippen molar-refractivity contribution in [2.24, 2.45) is 5.92 Å². The summed E-state index contributed by atoms with van der Waals surface area (Å²) in [6, 6.07) is -0.412. The molecule has 14 heavy (non-hydrogen) atoms. The summed E-state index contributed by atoms with van der Waals surface area (Å²) in [6.45, 7) is 4.10. The number of rotatable bonds is 3. The van der Waals surface area contributed by atoms with Gasteiger partial charge in [0, 0.05) is 12.5 Å². The van der Waals surface area contributed by atoms with E-state index in [1.165, 1.54) is 10.6 Å². The minimum atomic E-state index is -3.22. The van der Waals surface area contributed by atoms with E-state index in [9.17, 15) is 13.2 Å². The lowest BCUT2D eigenvalue weighted by Crippen LogP contribution is -2.41. The molecule has 0 unspecified atom stereocenters. The molecule has 0 N–H and O–H groups in total. The number of hydrogen-bond donors (Lipinski definition) is 0. The fourth-order valence-corrected chi connectivity index (χ4v) is 2.94. The maximum Gasteiger partial charge on any atom is 0.211 e. The summed E-state index contributed by atoms with van der Waals surface area (Å²) in [4.78, 5) is 11.7. The Hall–Kier alpha value is -0.420. The van der Waals surface area contributed by atoms with E-state index in [1.54, 1.807) is 13.8 Å². The van der Waals surface area contributed by atoms with Crippen molar-refractivity contribution < 1.29 is 13.2 Å². The van der Waals surface area contributed by atoms with Crippen LogP contribution in [0.25, 0.3) is 0 Å². The van der Waals surface area contributed by atoms with Gasteiger partial charge in [-0.15, -0.1) is 0 Å². The lowest BCUT2D eigenvalue weighted by atomic mass is 10.0. The third kappa shape index (κ3) is 2.33. The van der Waals surface area contributed by atoms with Gasteiger partial charge in [-0.25, -0.2) is 8.42 Å². The van der Waals surface area contributed by atoms with E-state index in [-0.39, 0.29) is 11.7 Å². The van der Waals surface area contributed by atoms with Crippen LogP contribution in [0.1, 0.15) is 26.7 Å². The molecule has 82 valence electrons. The quantitative estimate of drug-likeness (QED) is 0.699. The van der Waals surface area contributed by atoms with Gasteiger partial charge in [-0.05, 0) is 12.8 Å². The van der Waals surface area contributed by atoms with E-state index in [4.69, 9.17) is 0 Å². The molecule has 0 saturated carbocycles. The summed E-state index contributed by atoms with van der Waals surface area (Å²) >= 11 is 0. The van der Waals surface area contributed by atoms with Crippen LogP contribution in [0.3, 0.4) is 0 Å². The second kappa shape index (κ2) is 3.98. The first-order chi connectivity index (χ1) is 6.34. The highest BCUT2D eigenvalue weighted by Crippen LogP contribution is 2.23. The lowest BCUT2D eigenvalue weighted by molar-refractivity contribution is -0.125. The van der Waals surface area contributed by atoms with E-state index in [0.29, 0.717) is 13.0 Å². The first kappa shape index (κ1) is 11.7. The average Bonchev–Trinajstić information content (AvgIpc) is 2.48. The normalized spacial score (nSPS) is 24.4. The van der Waals surface area contributed by atoms with Crippen molar-refractivity contribution in [3.63, 3.8) is 0 Å². The van der Waals surface area contributed by atoms with Gasteiger partial charge in [0.25, 0.3) is 0 Å². The van der Waals surface area contributed by atoms with Gasteiger partial charge < -0.3 is 0 Å². The third-order valence-electron chi connectivity index (χ3n) is 2.53. The molecule has 1 aliphatic heterocycles. The Morgan fingerprint density at radius 1 is 1.43 bits per heavy atom. The molecule has 0 bridgehead atoms. The van der Waals surface area contributed by atoms with E-state index in [1.807, 2.05) is 0 Å². The van der Waals surface area contributed by atoms with Crippen molar-refractivity contribution in [1.82, 2.24) is 4.31 Å². The Bertz CT molecular complexity index is 321. The van der Waals surface area contributed by atoms with Crippen LogP contribution in [0.15, 0.2) is 0 Å². The van der Waals surface area contributed by atoms with Gasteiger partial charge in [0.15, 0.2) is 5.78 Å². The molecular formula is C9H17NO3S. The average molecular weight is 219 g/mol. The molecule has 1 aliphatic rings. The van der Waals surface area contributed by atoms with Gasteiger partial charge in [0.05, 0.1) is 12.3 Å². The molecular weight excluding hydrogens is 202 g/mol. The summed E-state index contributed by atoms with van der Waals surface area (Å²) < 4.78 is 24.0. The highest BCUT2D eigenvalue weighted by Gasteiger charge is 2.36. The number of nitrogens with zero attached hydrogens (tertiary/aromatic N) is 1. The van der Waals surface area contributed by atoms with E-state index in [2.05, 4.69) is 0 Å². The zero-order valence-corrected chi connectivity index (χ0v) is 9.67. The van der Waals surface area contributed by atoms with Crippen molar-refractivity contribution in [3.05, 3.63) is 0 Å². The minimum Gasteiger partial charge on any atom is -0.298 e. The second-order valence-corrected chi connectivity index (χ2v) is 6.02. The van der Waals surface area contributed by atoms with Crippen molar-refractivity contribution in [3.8, 4) is 0 Å². The van der Waals surface area contributed by atoms with Gasteiger partial charge in [0.2, 0.25) is 10.0 Å². The van der Waals surface area contributed by atoms with Crippen LogP contribution in [0.2, 0.25) is 0 Å². The summed E-state index contributed by atoms with van der Waals surface area (Å²) in [5, 5.41) is 0. The SMILES string of the molecule is CC(C)C(=O)[C@@H]1CCCN1S(C)(=O)=O. The van der Waals surface area contributed by atoms with E-state index in [0.717, 1.165) is 6.42 Å². The summed E-state index contributed by atoms with van der Waals surface area (Å²) in [5.74, 6) is -0.0599. The molecule has 1 heterocycles. The summed E-state index contributed by atoms with van der Waals surface area (Å²) in [5.41, 5.74) is 0. The van der Waals surface area contributed by atoms with Crippen molar-refractivity contribution >= 4 is 15.8 Å². The molecule has 0 radical (unpaired) electrons. The lowest BCUT2D eigenvalue weighted by Gasteiger charge is -2.22. The number of carbonyl (C=O) groups excluding carboxylic acids is 1. The molecule has 0 aromatic rings. The Morgan fingerprint density at radius 3 is 2.43 bits per heavy atom. The molecule has 5 heteroatoms. The van der Waals surface area contributed by atoms with E-state index >= 15 is 0 Å². The number of Topliss-reactive ketones (excluding diaryl/α,β-unsaturated/α-hetero) is 1. The highest BCUT2D eigenvalue weighted by atomic mass is 32.2. The first-order valence-electron chi connectivity index (χ1n) is 4.84. The number of carbonyl (C=O) groups is 1. The standard InChI is InChI=1S/C9H17NO3S/c1-7(2)9(11)8-5-4-6-10(8)14(3,12)13/h7-8H,4-6H2,1-3H3/t8-/m0/s1. The Kier molecular flexibility index (Phi) is 3.32. The zero-order valence-electron chi connectivity index (χ0n) is 8.86. The Balaban J connectivity index is 2.85. The summed E-state index contributed by atoms with van der Waals surface area (Å²) in [6.07, 6.45) is 2.62. The van der Waals surface area contributed by atoms with Gasteiger partial charge >= 0.3 is 0 Å². The van der Waals surface area contributed by atoms with Crippen LogP contribution in [0.5, 0.6) is 0 Å². The van der Waals surface area contributed by atoms with Crippen LogP contribution < -0.4 is 0 Å². The highest BCUT2D eigenvalue weighted by molar-refractivity contribution is 7.88. The monoisotopic (exact) mass is 219 g/mol. The Morgan fingerprint density at radius 2 is 2.00 bits per heavy atom.